The smallest absolute Gasteiger partial charge is 0.0602 e. The highest BCUT2D eigenvalue weighted by Crippen LogP contribution is 2.28. The molecule has 1 aliphatic rings. The molecule has 1 aliphatic heterocycles. The van der Waals surface area contributed by atoms with Crippen molar-refractivity contribution in [3.05, 3.63) is 52.8 Å². The molecule has 0 amide bonds. The van der Waals surface area contributed by atoms with Gasteiger partial charge in [-0.3, -0.25) is 4.98 Å². The van der Waals surface area contributed by atoms with Gasteiger partial charge in [-0.25, -0.2) is 0 Å². The van der Waals surface area contributed by atoms with Crippen LogP contribution in [0, 0.1) is 0 Å². The predicted octanol–water partition coefficient (Wildman–Crippen LogP) is 4.45. The van der Waals surface area contributed by atoms with Crippen LogP contribution in [0.2, 0.25) is 0 Å². The van der Waals surface area contributed by atoms with Gasteiger partial charge in [-0.05, 0) is 59.0 Å². The van der Waals surface area contributed by atoms with Gasteiger partial charge >= 0.3 is 0 Å². The maximum absolute atomic E-state index is 4.21. The molecule has 0 radical (unpaired) electrons. The number of anilines is 2. The summed E-state index contributed by atoms with van der Waals surface area (Å²) in [5.41, 5.74) is 3.71. The number of aromatic nitrogens is 1. The minimum absolute atomic E-state index is 0.789. The van der Waals surface area contributed by atoms with Crippen molar-refractivity contribution in [2.24, 2.45) is 0 Å². The van der Waals surface area contributed by atoms with Gasteiger partial charge in [-0.2, -0.15) is 0 Å². The molecule has 21 heavy (non-hydrogen) atoms. The Hall–Kier alpha value is -1.55. The van der Waals surface area contributed by atoms with Crippen molar-refractivity contribution in [2.45, 2.75) is 25.8 Å². The fourth-order valence-electron chi connectivity index (χ4n) is 2.78. The second kappa shape index (κ2) is 6.94. The zero-order valence-corrected chi connectivity index (χ0v) is 13.6. The van der Waals surface area contributed by atoms with Crippen LogP contribution in [0.15, 0.2) is 47.2 Å². The minimum atomic E-state index is 0.789. The van der Waals surface area contributed by atoms with E-state index in [2.05, 4.69) is 61.5 Å². The second-order valence-corrected chi connectivity index (χ2v) is 6.35. The van der Waals surface area contributed by atoms with Crippen molar-refractivity contribution in [1.82, 2.24) is 4.98 Å². The van der Waals surface area contributed by atoms with Gasteiger partial charge in [0, 0.05) is 36.5 Å². The molecule has 0 unspecified atom stereocenters. The van der Waals surface area contributed by atoms with Crippen molar-refractivity contribution in [3.63, 3.8) is 0 Å². The quantitative estimate of drug-likeness (QED) is 0.887. The number of halogens is 1. The molecule has 1 N–H and O–H groups in total. The SMILES string of the molecule is Brc1cncc(CNc2ccccc2N2CCCCC2)c1. The third-order valence-electron chi connectivity index (χ3n) is 3.85. The molecule has 0 spiro atoms. The van der Waals surface area contributed by atoms with Crippen LogP contribution in [0.1, 0.15) is 24.8 Å². The van der Waals surface area contributed by atoms with E-state index in [4.69, 9.17) is 0 Å². The van der Waals surface area contributed by atoms with E-state index in [1.165, 1.54) is 36.2 Å². The Kier molecular flexibility index (Phi) is 4.76. The molecule has 3 nitrogen and oxygen atoms in total. The van der Waals surface area contributed by atoms with Gasteiger partial charge in [0.1, 0.15) is 0 Å². The van der Waals surface area contributed by atoms with Gasteiger partial charge in [0.15, 0.2) is 0 Å². The van der Waals surface area contributed by atoms with Crippen molar-refractivity contribution < 1.29 is 0 Å². The first kappa shape index (κ1) is 14.4. The van der Waals surface area contributed by atoms with Crippen molar-refractivity contribution in [1.29, 1.82) is 0 Å². The first-order chi connectivity index (χ1) is 10.3. The maximum atomic E-state index is 4.21. The Morgan fingerprint density at radius 2 is 1.90 bits per heavy atom. The highest BCUT2D eigenvalue weighted by atomic mass is 79.9. The molecule has 1 aromatic heterocycles. The molecule has 1 aromatic carbocycles. The average molecular weight is 346 g/mol. The number of piperidine rings is 1. The van der Waals surface area contributed by atoms with Crippen LogP contribution in [-0.2, 0) is 6.54 Å². The molecule has 110 valence electrons. The standard InChI is InChI=1S/C17H20BrN3/c18-15-10-14(11-19-13-15)12-20-16-6-2-3-7-17(16)21-8-4-1-5-9-21/h2-3,6-7,10-11,13,20H,1,4-5,8-9,12H2. The molecular formula is C17H20BrN3. The normalized spacial score (nSPS) is 15.0. The number of pyridine rings is 1. The summed E-state index contributed by atoms with van der Waals surface area (Å²) in [6.07, 6.45) is 7.66. The third-order valence-corrected chi connectivity index (χ3v) is 4.28. The lowest BCUT2D eigenvalue weighted by Gasteiger charge is -2.30. The average Bonchev–Trinajstić information content (AvgIpc) is 2.54. The van der Waals surface area contributed by atoms with E-state index in [1.54, 1.807) is 0 Å². The summed E-state index contributed by atoms with van der Waals surface area (Å²) in [6, 6.07) is 10.7. The number of para-hydroxylation sites is 2. The van der Waals surface area contributed by atoms with Crippen LogP contribution in [-0.4, -0.2) is 18.1 Å². The van der Waals surface area contributed by atoms with Crippen LogP contribution in [0.5, 0.6) is 0 Å². The fraction of sp³-hybridized carbons (Fsp3) is 0.353. The molecule has 2 heterocycles. The van der Waals surface area contributed by atoms with Gasteiger partial charge in [0.2, 0.25) is 0 Å². The van der Waals surface area contributed by atoms with E-state index >= 15 is 0 Å². The monoisotopic (exact) mass is 345 g/mol. The number of benzene rings is 1. The largest absolute Gasteiger partial charge is 0.379 e. The van der Waals surface area contributed by atoms with Crippen LogP contribution in [0.4, 0.5) is 11.4 Å². The van der Waals surface area contributed by atoms with Gasteiger partial charge < -0.3 is 10.2 Å². The summed E-state index contributed by atoms with van der Waals surface area (Å²) in [6.45, 7) is 3.12. The molecule has 1 saturated heterocycles. The lowest BCUT2D eigenvalue weighted by Crippen LogP contribution is -2.30. The summed E-state index contributed by atoms with van der Waals surface area (Å²) in [5, 5.41) is 3.55. The number of hydrogen-bond donors (Lipinski definition) is 1. The Labute approximate surface area is 134 Å². The number of nitrogens with zero attached hydrogens (tertiary/aromatic N) is 2. The van der Waals surface area contributed by atoms with Crippen LogP contribution >= 0.6 is 15.9 Å². The fourth-order valence-corrected chi connectivity index (χ4v) is 3.20. The van der Waals surface area contributed by atoms with E-state index in [-0.39, 0.29) is 0 Å². The first-order valence-corrected chi connectivity index (χ1v) is 8.29. The molecule has 4 heteroatoms. The molecule has 2 aromatic rings. The van der Waals surface area contributed by atoms with Crippen LogP contribution in [0.3, 0.4) is 0 Å². The summed E-state index contributed by atoms with van der Waals surface area (Å²) in [4.78, 5) is 6.70. The molecule has 1 fully saturated rings. The van der Waals surface area contributed by atoms with E-state index in [9.17, 15) is 0 Å². The molecule has 0 saturated carbocycles. The van der Waals surface area contributed by atoms with Gasteiger partial charge in [-0.1, -0.05) is 12.1 Å². The lowest BCUT2D eigenvalue weighted by molar-refractivity contribution is 0.578. The Balaban J connectivity index is 1.73. The van der Waals surface area contributed by atoms with Crippen LogP contribution in [0.25, 0.3) is 0 Å². The zero-order valence-electron chi connectivity index (χ0n) is 12.1. The van der Waals surface area contributed by atoms with Crippen molar-refractivity contribution in [2.75, 3.05) is 23.3 Å². The van der Waals surface area contributed by atoms with Crippen molar-refractivity contribution in [3.8, 4) is 0 Å². The maximum Gasteiger partial charge on any atom is 0.0602 e. The van der Waals surface area contributed by atoms with E-state index in [1.807, 2.05) is 12.4 Å². The summed E-state index contributed by atoms with van der Waals surface area (Å²) in [7, 11) is 0. The highest BCUT2D eigenvalue weighted by molar-refractivity contribution is 9.10. The number of rotatable bonds is 4. The van der Waals surface area contributed by atoms with Gasteiger partial charge in [-0.15, -0.1) is 0 Å². The number of hydrogen-bond acceptors (Lipinski definition) is 3. The second-order valence-electron chi connectivity index (χ2n) is 5.43. The van der Waals surface area contributed by atoms with Crippen molar-refractivity contribution >= 4 is 27.3 Å². The van der Waals surface area contributed by atoms with Gasteiger partial charge in [0.25, 0.3) is 0 Å². The molecular weight excluding hydrogens is 326 g/mol. The lowest BCUT2D eigenvalue weighted by atomic mass is 10.1. The van der Waals surface area contributed by atoms with E-state index in [0.29, 0.717) is 0 Å². The highest BCUT2D eigenvalue weighted by Gasteiger charge is 2.13. The molecule has 0 bridgehead atoms. The Bertz CT molecular complexity index is 594. The molecule has 3 rings (SSSR count). The Morgan fingerprint density at radius 3 is 2.71 bits per heavy atom. The first-order valence-electron chi connectivity index (χ1n) is 7.50. The predicted molar refractivity (Wildman–Crippen MR) is 91.8 cm³/mol. The summed E-state index contributed by atoms with van der Waals surface area (Å²) >= 11 is 3.47. The van der Waals surface area contributed by atoms with Crippen LogP contribution < -0.4 is 10.2 Å². The zero-order chi connectivity index (χ0) is 14.5. The van der Waals surface area contributed by atoms with Gasteiger partial charge in [0.05, 0.1) is 11.4 Å². The summed E-state index contributed by atoms with van der Waals surface area (Å²) in [5.74, 6) is 0. The molecule has 0 atom stereocenters. The minimum Gasteiger partial charge on any atom is -0.379 e. The Morgan fingerprint density at radius 1 is 1.10 bits per heavy atom. The third kappa shape index (κ3) is 3.76. The number of nitrogens with one attached hydrogen (secondary N) is 1. The van der Waals surface area contributed by atoms with E-state index in [0.717, 1.165) is 24.1 Å². The topological polar surface area (TPSA) is 28.2 Å². The molecule has 0 aliphatic carbocycles. The summed E-state index contributed by atoms with van der Waals surface area (Å²) < 4.78 is 1.02. The van der Waals surface area contributed by atoms with E-state index < -0.39 is 0 Å².